The topological polar surface area (TPSA) is 58.7 Å². The van der Waals surface area contributed by atoms with Gasteiger partial charge in [-0.2, -0.15) is 0 Å². The Balaban J connectivity index is 2.45. The van der Waals surface area contributed by atoms with Crippen LogP contribution in [0.25, 0.3) is 0 Å². The molecule has 1 aliphatic rings. The van der Waals surface area contributed by atoms with E-state index >= 15 is 0 Å². The molecule has 3 N–H and O–H groups in total. The van der Waals surface area contributed by atoms with Crippen molar-refractivity contribution in [2.45, 2.75) is 70.6 Å². The minimum Gasteiger partial charge on any atom is -0.394 e. The van der Waals surface area contributed by atoms with Gasteiger partial charge in [-0.15, -0.1) is 0 Å². The molecule has 0 spiro atoms. The molecule has 0 aromatic heterocycles. The molecule has 114 valence electrons. The van der Waals surface area contributed by atoms with Crippen LogP contribution in [0.15, 0.2) is 0 Å². The number of rotatable bonds is 6. The molecule has 1 unspecified atom stereocenters. The van der Waals surface area contributed by atoms with Crippen LogP contribution < -0.4 is 5.73 Å². The Morgan fingerprint density at radius 3 is 2.16 bits per heavy atom. The molecule has 1 saturated heterocycles. The van der Waals surface area contributed by atoms with E-state index in [1.165, 1.54) is 0 Å². The molecular weight excluding hydrogens is 240 g/mol. The van der Waals surface area contributed by atoms with E-state index in [9.17, 15) is 5.11 Å². The first-order valence-corrected chi connectivity index (χ1v) is 7.44. The second-order valence-electron chi connectivity index (χ2n) is 7.31. The van der Waals surface area contributed by atoms with E-state index in [0.29, 0.717) is 0 Å². The molecule has 0 aromatic carbocycles. The summed E-state index contributed by atoms with van der Waals surface area (Å²) in [5, 5.41) is 9.33. The second kappa shape index (κ2) is 6.08. The monoisotopic (exact) mass is 272 g/mol. The third-order valence-electron chi connectivity index (χ3n) is 3.93. The van der Waals surface area contributed by atoms with Crippen molar-refractivity contribution in [2.75, 3.05) is 26.2 Å². The zero-order chi connectivity index (χ0) is 14.7. The van der Waals surface area contributed by atoms with Crippen molar-refractivity contribution in [3.8, 4) is 0 Å². The zero-order valence-corrected chi connectivity index (χ0v) is 13.3. The fourth-order valence-corrected chi connectivity index (χ4v) is 3.13. The minimum absolute atomic E-state index is 0.0730. The summed E-state index contributed by atoms with van der Waals surface area (Å²) >= 11 is 0. The summed E-state index contributed by atoms with van der Waals surface area (Å²) in [6.45, 7) is 13.6. The van der Waals surface area contributed by atoms with Gasteiger partial charge in [-0.1, -0.05) is 6.92 Å². The van der Waals surface area contributed by atoms with Gasteiger partial charge in [-0.3, -0.25) is 4.90 Å². The SMILES string of the molecule is CCC(N)(CO)CCCN1CC(C)(C)OC(C)(C)C1. The van der Waals surface area contributed by atoms with Crippen LogP contribution in [-0.2, 0) is 4.74 Å². The van der Waals surface area contributed by atoms with Gasteiger partial charge in [-0.25, -0.2) is 0 Å². The molecule has 1 fully saturated rings. The summed E-state index contributed by atoms with van der Waals surface area (Å²) in [5.41, 5.74) is 5.53. The van der Waals surface area contributed by atoms with E-state index in [1.54, 1.807) is 0 Å². The molecule has 0 amide bonds. The average molecular weight is 272 g/mol. The quantitative estimate of drug-likeness (QED) is 0.773. The molecule has 0 bridgehead atoms. The van der Waals surface area contributed by atoms with Crippen molar-refractivity contribution in [3.63, 3.8) is 0 Å². The Bertz CT molecular complexity index is 270. The highest BCUT2D eigenvalue weighted by atomic mass is 16.5. The molecule has 0 aliphatic carbocycles. The summed E-state index contributed by atoms with van der Waals surface area (Å²) in [6, 6.07) is 0. The highest BCUT2D eigenvalue weighted by Crippen LogP contribution is 2.28. The number of morpholine rings is 1. The Morgan fingerprint density at radius 1 is 1.21 bits per heavy atom. The largest absolute Gasteiger partial charge is 0.394 e. The van der Waals surface area contributed by atoms with Gasteiger partial charge >= 0.3 is 0 Å². The first kappa shape index (κ1) is 16.9. The molecule has 0 aromatic rings. The molecule has 4 heteroatoms. The maximum absolute atomic E-state index is 9.33. The van der Waals surface area contributed by atoms with Crippen molar-refractivity contribution in [1.29, 1.82) is 0 Å². The van der Waals surface area contributed by atoms with Crippen molar-refractivity contribution in [2.24, 2.45) is 5.73 Å². The van der Waals surface area contributed by atoms with Crippen molar-refractivity contribution >= 4 is 0 Å². The highest BCUT2D eigenvalue weighted by molar-refractivity contribution is 4.89. The van der Waals surface area contributed by atoms with E-state index in [1.807, 2.05) is 6.92 Å². The first-order valence-electron chi connectivity index (χ1n) is 7.44. The van der Waals surface area contributed by atoms with Crippen LogP contribution in [-0.4, -0.2) is 53.0 Å². The predicted octanol–water partition coefficient (Wildman–Crippen LogP) is 1.76. The Kier molecular flexibility index (Phi) is 5.41. The lowest BCUT2D eigenvalue weighted by atomic mass is 9.92. The predicted molar refractivity (Wildman–Crippen MR) is 79.2 cm³/mol. The number of aliphatic hydroxyl groups excluding tert-OH is 1. The molecule has 0 saturated carbocycles. The lowest BCUT2D eigenvalue weighted by molar-refractivity contribution is -0.180. The van der Waals surface area contributed by atoms with Crippen LogP contribution in [0.2, 0.25) is 0 Å². The molecule has 0 radical (unpaired) electrons. The van der Waals surface area contributed by atoms with E-state index in [4.69, 9.17) is 10.5 Å². The summed E-state index contributed by atoms with van der Waals surface area (Å²) in [5.74, 6) is 0. The van der Waals surface area contributed by atoms with Crippen LogP contribution in [0, 0.1) is 0 Å². The molecule has 1 aliphatic heterocycles. The van der Waals surface area contributed by atoms with E-state index < -0.39 is 5.54 Å². The van der Waals surface area contributed by atoms with Crippen LogP contribution in [0.3, 0.4) is 0 Å². The van der Waals surface area contributed by atoms with Crippen molar-refractivity contribution in [3.05, 3.63) is 0 Å². The fourth-order valence-electron chi connectivity index (χ4n) is 3.13. The van der Waals surface area contributed by atoms with Gasteiger partial charge in [0.15, 0.2) is 0 Å². The lowest BCUT2D eigenvalue weighted by Crippen LogP contribution is -2.57. The first-order chi connectivity index (χ1) is 8.61. The summed E-state index contributed by atoms with van der Waals surface area (Å²) in [6.07, 6.45) is 2.72. The third-order valence-corrected chi connectivity index (χ3v) is 3.93. The molecular formula is C15H32N2O2. The Hall–Kier alpha value is -0.160. The Morgan fingerprint density at radius 2 is 1.74 bits per heavy atom. The summed E-state index contributed by atoms with van der Waals surface area (Å²) in [4.78, 5) is 2.46. The van der Waals surface area contributed by atoms with E-state index in [-0.39, 0.29) is 17.8 Å². The van der Waals surface area contributed by atoms with Gasteiger partial charge in [0.2, 0.25) is 0 Å². The summed E-state index contributed by atoms with van der Waals surface area (Å²) in [7, 11) is 0. The van der Waals surface area contributed by atoms with Crippen molar-refractivity contribution < 1.29 is 9.84 Å². The maximum Gasteiger partial charge on any atom is 0.0760 e. The standard InChI is InChI=1S/C15H32N2O2/c1-6-15(16,12-18)8-7-9-17-10-13(2,3)19-14(4,5)11-17/h18H,6-12,16H2,1-5H3. The molecule has 19 heavy (non-hydrogen) atoms. The number of aliphatic hydroxyl groups is 1. The van der Waals surface area contributed by atoms with Gasteiger partial charge in [0.25, 0.3) is 0 Å². The Labute approximate surface area is 118 Å². The van der Waals surface area contributed by atoms with Crippen molar-refractivity contribution in [1.82, 2.24) is 4.90 Å². The van der Waals surface area contributed by atoms with E-state index in [2.05, 4.69) is 32.6 Å². The van der Waals surface area contributed by atoms with Gasteiger partial charge in [-0.05, 0) is 53.5 Å². The zero-order valence-electron chi connectivity index (χ0n) is 13.3. The second-order valence-corrected chi connectivity index (χ2v) is 7.31. The molecule has 1 heterocycles. The van der Waals surface area contributed by atoms with Crippen LogP contribution >= 0.6 is 0 Å². The van der Waals surface area contributed by atoms with E-state index in [0.717, 1.165) is 38.9 Å². The number of hydrogen-bond donors (Lipinski definition) is 2. The van der Waals surface area contributed by atoms with Gasteiger partial charge in [0.1, 0.15) is 0 Å². The normalized spacial score (nSPS) is 26.1. The molecule has 4 nitrogen and oxygen atoms in total. The smallest absolute Gasteiger partial charge is 0.0760 e. The van der Waals surface area contributed by atoms with Gasteiger partial charge in [0, 0.05) is 18.6 Å². The summed E-state index contributed by atoms with van der Waals surface area (Å²) < 4.78 is 6.07. The number of hydrogen-bond acceptors (Lipinski definition) is 4. The van der Waals surface area contributed by atoms with Crippen LogP contribution in [0.5, 0.6) is 0 Å². The third kappa shape index (κ3) is 5.38. The highest BCUT2D eigenvalue weighted by Gasteiger charge is 2.37. The number of nitrogens with two attached hydrogens (primary N) is 1. The minimum atomic E-state index is -0.405. The number of ether oxygens (including phenoxy) is 1. The lowest BCUT2D eigenvalue weighted by Gasteiger charge is -2.47. The molecule has 1 atom stereocenters. The van der Waals surface area contributed by atoms with Gasteiger partial charge in [0.05, 0.1) is 17.8 Å². The number of nitrogens with zero attached hydrogens (tertiary/aromatic N) is 1. The molecule has 1 rings (SSSR count). The average Bonchev–Trinajstić information content (AvgIpc) is 2.24. The van der Waals surface area contributed by atoms with Crippen LogP contribution in [0.1, 0.15) is 53.9 Å². The fraction of sp³-hybridized carbons (Fsp3) is 1.00. The van der Waals surface area contributed by atoms with Crippen LogP contribution in [0.4, 0.5) is 0 Å². The van der Waals surface area contributed by atoms with Gasteiger partial charge < -0.3 is 15.6 Å². The maximum atomic E-state index is 9.33.